The molecule has 2 nitrogen and oxygen atoms in total. The topological polar surface area (TPSA) is 29.1 Å². The van der Waals surface area contributed by atoms with E-state index < -0.39 is 11.6 Å². The van der Waals surface area contributed by atoms with Crippen molar-refractivity contribution < 1.29 is 13.6 Å². The van der Waals surface area contributed by atoms with Crippen molar-refractivity contribution in [3.8, 4) is 0 Å². The van der Waals surface area contributed by atoms with Gasteiger partial charge in [-0.2, -0.15) is 0 Å². The van der Waals surface area contributed by atoms with Gasteiger partial charge in [0.15, 0.2) is 6.29 Å². The fourth-order valence-electron chi connectivity index (χ4n) is 2.51. The Balaban J connectivity index is 1.95. The van der Waals surface area contributed by atoms with Crippen LogP contribution in [0.2, 0.25) is 0 Å². The Kier molecular flexibility index (Phi) is 7.04. The minimum atomic E-state index is -0.573. The summed E-state index contributed by atoms with van der Waals surface area (Å²) < 4.78 is 26.8. The highest BCUT2D eigenvalue weighted by Gasteiger charge is 2.06. The summed E-state index contributed by atoms with van der Waals surface area (Å²) in [6, 6.07) is 8.28. The molecule has 26 heavy (non-hydrogen) atoms. The Bertz CT molecular complexity index is 851. The molecule has 1 aromatic heterocycles. The molecule has 0 fully saturated rings. The van der Waals surface area contributed by atoms with Crippen LogP contribution in [-0.4, -0.2) is 12.8 Å². The van der Waals surface area contributed by atoms with Crippen LogP contribution in [0.15, 0.2) is 55.4 Å². The lowest BCUT2D eigenvalue weighted by Gasteiger charge is -2.12. The second kappa shape index (κ2) is 9.25. The van der Waals surface area contributed by atoms with Gasteiger partial charge in [-0.1, -0.05) is 13.2 Å². The average Bonchev–Trinajstić information content (AvgIpc) is 3.05. The summed E-state index contributed by atoms with van der Waals surface area (Å²) in [6.45, 7) is 9.53. The normalized spacial score (nSPS) is 11.3. The second-order valence-electron chi connectivity index (χ2n) is 5.93. The largest absolute Gasteiger partial charge is 0.385 e. The van der Waals surface area contributed by atoms with E-state index in [-0.39, 0.29) is 0 Å². The van der Waals surface area contributed by atoms with Crippen molar-refractivity contribution in [2.45, 2.75) is 19.8 Å². The van der Waals surface area contributed by atoms with Crippen LogP contribution in [0, 0.1) is 5.82 Å². The van der Waals surface area contributed by atoms with Gasteiger partial charge >= 0.3 is 0 Å². The monoisotopic (exact) mass is 373 g/mol. The van der Waals surface area contributed by atoms with Crippen LogP contribution in [0.3, 0.4) is 0 Å². The summed E-state index contributed by atoms with van der Waals surface area (Å²) in [5.74, 6) is -0.978. The predicted molar refractivity (Wildman–Crippen MR) is 105 cm³/mol. The SMILES string of the molecule is C=C(F)/C=C(\C)c1cc(F)cc(C(=C)NCCCc2ccc(C=O)s2)c1. The van der Waals surface area contributed by atoms with Gasteiger partial charge in [0, 0.05) is 22.7 Å². The highest BCUT2D eigenvalue weighted by molar-refractivity contribution is 7.13. The maximum atomic E-state index is 13.9. The molecule has 0 aliphatic heterocycles. The van der Waals surface area contributed by atoms with E-state index in [1.807, 2.05) is 12.1 Å². The number of benzene rings is 1. The Morgan fingerprint density at radius 3 is 2.62 bits per heavy atom. The molecule has 0 unspecified atom stereocenters. The van der Waals surface area contributed by atoms with E-state index in [0.717, 1.165) is 28.9 Å². The smallest absolute Gasteiger partial charge is 0.160 e. The number of rotatable bonds is 9. The van der Waals surface area contributed by atoms with Gasteiger partial charge in [0.1, 0.15) is 11.6 Å². The number of hydrogen-bond acceptors (Lipinski definition) is 3. The molecule has 0 radical (unpaired) electrons. The van der Waals surface area contributed by atoms with E-state index in [2.05, 4.69) is 18.5 Å². The molecule has 1 aromatic carbocycles. The van der Waals surface area contributed by atoms with Crippen molar-refractivity contribution in [3.63, 3.8) is 0 Å². The molecular formula is C21H21F2NOS. The lowest BCUT2D eigenvalue weighted by atomic mass is 10.0. The van der Waals surface area contributed by atoms with Crippen molar-refractivity contribution in [2.24, 2.45) is 0 Å². The van der Waals surface area contributed by atoms with E-state index in [0.29, 0.717) is 28.9 Å². The van der Waals surface area contributed by atoms with Gasteiger partial charge in [-0.25, -0.2) is 8.78 Å². The van der Waals surface area contributed by atoms with Crippen molar-refractivity contribution in [1.29, 1.82) is 0 Å². The fourth-order valence-corrected chi connectivity index (χ4v) is 3.38. The van der Waals surface area contributed by atoms with E-state index in [1.165, 1.54) is 29.5 Å². The Morgan fingerprint density at radius 2 is 1.96 bits per heavy atom. The lowest BCUT2D eigenvalue weighted by Crippen LogP contribution is -2.13. The Hall–Kier alpha value is -2.53. The number of carbonyl (C=O) groups excluding carboxylic acids is 1. The second-order valence-corrected chi connectivity index (χ2v) is 7.13. The maximum absolute atomic E-state index is 13.9. The minimum Gasteiger partial charge on any atom is -0.385 e. The van der Waals surface area contributed by atoms with Gasteiger partial charge in [-0.3, -0.25) is 4.79 Å². The third-order valence-electron chi connectivity index (χ3n) is 3.81. The third-order valence-corrected chi connectivity index (χ3v) is 4.88. The van der Waals surface area contributed by atoms with E-state index in [1.54, 1.807) is 13.0 Å². The van der Waals surface area contributed by atoms with Crippen molar-refractivity contribution in [1.82, 2.24) is 5.32 Å². The number of hydrogen-bond donors (Lipinski definition) is 1. The fraction of sp³-hybridized carbons (Fsp3) is 0.190. The van der Waals surface area contributed by atoms with Crippen molar-refractivity contribution >= 4 is 28.9 Å². The Morgan fingerprint density at radius 1 is 1.23 bits per heavy atom. The van der Waals surface area contributed by atoms with Crippen LogP contribution in [0.4, 0.5) is 8.78 Å². The van der Waals surface area contributed by atoms with Gasteiger partial charge in [0.2, 0.25) is 0 Å². The molecule has 2 aromatic rings. The van der Waals surface area contributed by atoms with Gasteiger partial charge < -0.3 is 5.32 Å². The summed E-state index contributed by atoms with van der Waals surface area (Å²) in [7, 11) is 0. The predicted octanol–water partition coefficient (Wildman–Crippen LogP) is 5.78. The molecule has 1 heterocycles. The van der Waals surface area contributed by atoms with Crippen LogP contribution in [-0.2, 0) is 6.42 Å². The number of allylic oxidation sites excluding steroid dienone is 3. The standard InChI is InChI=1S/C21H21F2NOS/c1-14(9-15(2)22)17-10-18(12-19(23)11-17)16(3)24-8-4-5-20-6-7-21(13-25)26-20/h6-7,9-13,24H,2-5,8H2,1H3/b14-9+. The minimum absolute atomic E-state index is 0.405. The van der Waals surface area contributed by atoms with Crippen LogP contribution in [0.25, 0.3) is 11.3 Å². The van der Waals surface area contributed by atoms with E-state index in [4.69, 9.17) is 0 Å². The van der Waals surface area contributed by atoms with E-state index >= 15 is 0 Å². The van der Waals surface area contributed by atoms with Gasteiger partial charge in [0.05, 0.1) is 4.88 Å². The zero-order valence-electron chi connectivity index (χ0n) is 14.6. The number of nitrogens with one attached hydrogen (secondary N) is 1. The number of aryl methyl sites for hydroxylation is 1. The first-order chi connectivity index (χ1) is 12.4. The number of carbonyl (C=O) groups is 1. The van der Waals surface area contributed by atoms with Gasteiger partial charge in [-0.05, 0) is 67.3 Å². The van der Waals surface area contributed by atoms with Crippen molar-refractivity contribution in [3.05, 3.63) is 82.1 Å². The first-order valence-electron chi connectivity index (χ1n) is 8.19. The highest BCUT2D eigenvalue weighted by Crippen LogP contribution is 2.22. The maximum Gasteiger partial charge on any atom is 0.160 e. The third kappa shape index (κ3) is 5.77. The molecule has 136 valence electrons. The van der Waals surface area contributed by atoms with Crippen LogP contribution in [0.5, 0.6) is 0 Å². The summed E-state index contributed by atoms with van der Waals surface area (Å²) in [5, 5.41) is 3.19. The number of aldehydes is 1. The highest BCUT2D eigenvalue weighted by atomic mass is 32.1. The molecule has 2 rings (SSSR count). The molecular weight excluding hydrogens is 352 g/mol. The lowest BCUT2D eigenvalue weighted by molar-refractivity contribution is 0.112. The van der Waals surface area contributed by atoms with Crippen molar-refractivity contribution in [2.75, 3.05) is 6.54 Å². The zero-order valence-corrected chi connectivity index (χ0v) is 15.5. The molecule has 5 heteroatoms. The van der Waals surface area contributed by atoms with Gasteiger partial charge in [0.25, 0.3) is 0 Å². The first-order valence-corrected chi connectivity index (χ1v) is 9.01. The molecule has 0 atom stereocenters. The summed E-state index contributed by atoms with van der Waals surface area (Å²) in [4.78, 5) is 12.6. The summed E-state index contributed by atoms with van der Waals surface area (Å²) in [5.41, 5.74) is 2.41. The summed E-state index contributed by atoms with van der Waals surface area (Å²) in [6.07, 6.45) is 3.84. The van der Waals surface area contributed by atoms with E-state index in [9.17, 15) is 13.6 Å². The summed E-state index contributed by atoms with van der Waals surface area (Å²) >= 11 is 1.49. The van der Waals surface area contributed by atoms with Crippen LogP contribution in [0.1, 0.15) is 39.0 Å². The molecule has 0 saturated heterocycles. The quantitative estimate of drug-likeness (QED) is 0.343. The molecule has 0 aliphatic carbocycles. The molecule has 0 bridgehead atoms. The number of thiophene rings is 1. The molecule has 0 aliphatic rings. The zero-order chi connectivity index (χ0) is 19.1. The van der Waals surface area contributed by atoms with Crippen LogP contribution < -0.4 is 5.32 Å². The molecule has 0 saturated carbocycles. The average molecular weight is 373 g/mol. The molecule has 0 amide bonds. The molecule has 0 spiro atoms. The first kappa shape index (κ1) is 19.8. The van der Waals surface area contributed by atoms with Gasteiger partial charge in [-0.15, -0.1) is 11.3 Å². The Labute approximate surface area is 156 Å². The van der Waals surface area contributed by atoms with Crippen LogP contribution >= 0.6 is 11.3 Å². The molecule has 1 N–H and O–H groups in total. The number of halogens is 2.